The predicted molar refractivity (Wildman–Crippen MR) is 31.6 cm³/mol. The van der Waals surface area contributed by atoms with Gasteiger partial charge in [-0.05, 0) is 0 Å². The van der Waals surface area contributed by atoms with Gasteiger partial charge in [0, 0.05) is 6.26 Å². The van der Waals surface area contributed by atoms with Gasteiger partial charge in [-0.3, -0.25) is 0 Å². The summed E-state index contributed by atoms with van der Waals surface area (Å²) in [6.07, 6.45) is 1.01. The minimum absolute atomic E-state index is 0.380. The second-order valence-corrected chi connectivity index (χ2v) is 4.22. The molecule has 0 heterocycles. The first-order valence-corrected chi connectivity index (χ1v) is 4.41. The summed E-state index contributed by atoms with van der Waals surface area (Å²) in [7, 11) is -3.11. The van der Waals surface area contributed by atoms with Crippen molar-refractivity contribution >= 4 is 21.4 Å². The highest BCUT2D eigenvalue weighted by atomic mass is 35.5. The number of hydrogen-bond donors (Lipinski definition) is 1. The Bertz CT molecular complexity index is 148. The molecule has 0 aromatic carbocycles. The molecule has 0 radical (unpaired) electrons. The monoisotopic (exact) mass is 158 g/mol. The molecule has 0 rings (SSSR count). The minimum atomic E-state index is -3.11. The molecular formula is C3H7ClO3S. The summed E-state index contributed by atoms with van der Waals surface area (Å²) < 4.78 is 20.4. The second-order valence-electron chi connectivity index (χ2n) is 1.53. The number of alkyl halides is 1. The number of sulfone groups is 1. The third-order valence-corrected chi connectivity index (χ3v) is 1.70. The van der Waals surface area contributed by atoms with Crippen LogP contribution in [0.15, 0.2) is 0 Å². The zero-order valence-corrected chi connectivity index (χ0v) is 5.91. The van der Waals surface area contributed by atoms with Crippen LogP contribution in [0.3, 0.4) is 0 Å². The average molecular weight is 159 g/mol. The molecule has 5 heteroatoms. The Morgan fingerprint density at radius 3 is 2.12 bits per heavy atom. The van der Waals surface area contributed by atoms with Crippen LogP contribution >= 0.6 is 11.6 Å². The van der Waals surface area contributed by atoms with Crippen LogP contribution in [0.25, 0.3) is 0 Å². The number of aliphatic hydroxyl groups excluding tert-OH is 1. The van der Waals surface area contributed by atoms with Crippen molar-refractivity contribution in [1.82, 2.24) is 0 Å². The zero-order valence-electron chi connectivity index (χ0n) is 4.33. The molecule has 8 heavy (non-hydrogen) atoms. The van der Waals surface area contributed by atoms with Crippen LogP contribution in [0, 0.1) is 0 Å². The Labute approximate surface area is 53.2 Å². The largest absolute Gasteiger partial charge is 0.377 e. The summed E-state index contributed by atoms with van der Waals surface area (Å²) in [4.78, 5) is 0. The van der Waals surface area contributed by atoms with Gasteiger partial charge in [0.2, 0.25) is 0 Å². The Kier molecular flexibility index (Phi) is 2.73. The summed E-state index contributed by atoms with van der Waals surface area (Å²) in [5.74, 6) is -0.380. The smallest absolute Gasteiger partial charge is 0.151 e. The van der Waals surface area contributed by atoms with E-state index in [0.717, 1.165) is 6.26 Å². The quantitative estimate of drug-likeness (QED) is 0.556. The summed E-state index contributed by atoms with van der Waals surface area (Å²) >= 11 is 4.94. The number of aliphatic hydroxyl groups is 1. The lowest BCUT2D eigenvalue weighted by Crippen LogP contribution is -2.13. The fraction of sp³-hybridized carbons (Fsp3) is 1.00. The van der Waals surface area contributed by atoms with Crippen LogP contribution in [0.1, 0.15) is 0 Å². The lowest BCUT2D eigenvalue weighted by atomic mass is 10.9. The third-order valence-electron chi connectivity index (χ3n) is 0.440. The topological polar surface area (TPSA) is 54.4 Å². The van der Waals surface area contributed by atoms with Crippen LogP contribution in [0.4, 0.5) is 0 Å². The molecule has 1 unspecified atom stereocenters. The van der Waals surface area contributed by atoms with E-state index in [1.807, 2.05) is 0 Å². The van der Waals surface area contributed by atoms with Crippen LogP contribution in [-0.4, -0.2) is 31.1 Å². The Morgan fingerprint density at radius 1 is 1.75 bits per heavy atom. The molecule has 0 spiro atoms. The standard InChI is InChI=1S/C3H7ClO3S/c1-8(6,7)2-3(4)5/h3,5H,2H2,1H3. The Morgan fingerprint density at radius 2 is 2.12 bits per heavy atom. The van der Waals surface area contributed by atoms with Crippen molar-refractivity contribution in [3.05, 3.63) is 0 Å². The fourth-order valence-corrected chi connectivity index (χ4v) is 1.44. The van der Waals surface area contributed by atoms with E-state index in [9.17, 15) is 8.42 Å². The second kappa shape index (κ2) is 2.66. The summed E-state index contributed by atoms with van der Waals surface area (Å²) in [5.41, 5.74) is -1.27. The molecule has 1 atom stereocenters. The molecule has 0 aromatic heterocycles. The molecule has 0 aliphatic carbocycles. The van der Waals surface area contributed by atoms with Crippen molar-refractivity contribution in [1.29, 1.82) is 0 Å². The van der Waals surface area contributed by atoms with Crippen molar-refractivity contribution in [3.8, 4) is 0 Å². The van der Waals surface area contributed by atoms with Crippen molar-refractivity contribution < 1.29 is 13.5 Å². The van der Waals surface area contributed by atoms with Gasteiger partial charge in [0.1, 0.15) is 5.56 Å². The Balaban J connectivity index is 3.75. The normalized spacial score (nSPS) is 15.9. The average Bonchev–Trinajstić information content (AvgIpc) is 1.21. The van der Waals surface area contributed by atoms with Crippen molar-refractivity contribution in [2.75, 3.05) is 12.0 Å². The van der Waals surface area contributed by atoms with Gasteiger partial charge in [-0.25, -0.2) is 8.42 Å². The number of halogens is 1. The zero-order chi connectivity index (χ0) is 6.78. The van der Waals surface area contributed by atoms with Gasteiger partial charge in [0.05, 0.1) is 5.75 Å². The molecule has 0 amide bonds. The fourth-order valence-electron chi connectivity index (χ4n) is 0.250. The van der Waals surface area contributed by atoms with Crippen molar-refractivity contribution in [2.45, 2.75) is 5.56 Å². The molecule has 0 aromatic rings. The van der Waals surface area contributed by atoms with Crippen LogP contribution in [-0.2, 0) is 9.84 Å². The first-order valence-electron chi connectivity index (χ1n) is 1.91. The Hall–Kier alpha value is 0.200. The van der Waals surface area contributed by atoms with Crippen molar-refractivity contribution in [3.63, 3.8) is 0 Å². The highest BCUT2D eigenvalue weighted by Gasteiger charge is 2.07. The molecule has 0 aliphatic heterocycles. The highest BCUT2D eigenvalue weighted by molar-refractivity contribution is 7.90. The van der Waals surface area contributed by atoms with Gasteiger partial charge in [0.25, 0.3) is 0 Å². The molecule has 0 aliphatic rings. The van der Waals surface area contributed by atoms with Gasteiger partial charge in [-0.1, -0.05) is 11.6 Å². The highest BCUT2D eigenvalue weighted by Crippen LogP contribution is 1.93. The summed E-state index contributed by atoms with van der Waals surface area (Å²) in [6, 6.07) is 0. The maximum Gasteiger partial charge on any atom is 0.151 e. The molecule has 0 saturated carbocycles. The maximum absolute atomic E-state index is 10.2. The van der Waals surface area contributed by atoms with E-state index >= 15 is 0 Å². The molecule has 0 bridgehead atoms. The van der Waals surface area contributed by atoms with Crippen LogP contribution in [0.5, 0.6) is 0 Å². The van der Waals surface area contributed by atoms with Crippen LogP contribution < -0.4 is 0 Å². The first kappa shape index (κ1) is 8.20. The molecule has 0 saturated heterocycles. The first-order chi connectivity index (χ1) is 3.42. The van der Waals surface area contributed by atoms with E-state index in [4.69, 9.17) is 16.7 Å². The van der Waals surface area contributed by atoms with E-state index in [0.29, 0.717) is 0 Å². The minimum Gasteiger partial charge on any atom is -0.377 e. The third kappa shape index (κ3) is 6.20. The SMILES string of the molecule is CS(=O)(=O)CC(O)Cl. The lowest BCUT2D eigenvalue weighted by Gasteiger charge is -1.96. The van der Waals surface area contributed by atoms with E-state index in [1.165, 1.54) is 0 Å². The van der Waals surface area contributed by atoms with Gasteiger partial charge in [0.15, 0.2) is 9.84 Å². The molecule has 3 nitrogen and oxygen atoms in total. The molecule has 50 valence electrons. The van der Waals surface area contributed by atoms with Gasteiger partial charge in [-0.15, -0.1) is 0 Å². The van der Waals surface area contributed by atoms with Gasteiger partial charge >= 0.3 is 0 Å². The van der Waals surface area contributed by atoms with E-state index in [1.54, 1.807) is 0 Å². The van der Waals surface area contributed by atoms with E-state index in [-0.39, 0.29) is 5.75 Å². The molecule has 0 fully saturated rings. The molecular weight excluding hydrogens is 152 g/mol. The summed E-state index contributed by atoms with van der Waals surface area (Å²) in [5, 5.41) is 8.27. The molecule has 1 N–H and O–H groups in total. The maximum atomic E-state index is 10.2. The lowest BCUT2D eigenvalue weighted by molar-refractivity contribution is 0.279. The van der Waals surface area contributed by atoms with E-state index < -0.39 is 15.4 Å². The summed E-state index contributed by atoms with van der Waals surface area (Å²) in [6.45, 7) is 0. The van der Waals surface area contributed by atoms with Gasteiger partial charge < -0.3 is 5.11 Å². The van der Waals surface area contributed by atoms with E-state index in [2.05, 4.69) is 0 Å². The number of rotatable bonds is 2. The van der Waals surface area contributed by atoms with Gasteiger partial charge in [-0.2, -0.15) is 0 Å². The van der Waals surface area contributed by atoms with Crippen molar-refractivity contribution in [2.24, 2.45) is 0 Å². The predicted octanol–water partition coefficient (Wildman–Crippen LogP) is -0.412. The van der Waals surface area contributed by atoms with Crippen LogP contribution in [0.2, 0.25) is 0 Å². The number of hydrogen-bond acceptors (Lipinski definition) is 3.